The van der Waals surface area contributed by atoms with Crippen molar-refractivity contribution in [3.63, 3.8) is 0 Å². The van der Waals surface area contributed by atoms with Gasteiger partial charge >= 0.3 is 0 Å². The molecule has 0 saturated carbocycles. The molecule has 4 heteroatoms. The molecule has 0 aromatic heterocycles. The van der Waals surface area contributed by atoms with Gasteiger partial charge in [-0.05, 0) is 39.2 Å². The summed E-state index contributed by atoms with van der Waals surface area (Å²) in [4.78, 5) is 11.5. The Morgan fingerprint density at radius 1 is 1.33 bits per heavy atom. The molecule has 1 amide bonds. The Morgan fingerprint density at radius 3 is 2.39 bits per heavy atom. The molecule has 0 unspecified atom stereocenters. The van der Waals surface area contributed by atoms with E-state index in [4.69, 9.17) is 5.73 Å². The van der Waals surface area contributed by atoms with Gasteiger partial charge in [0, 0.05) is 5.54 Å². The molecule has 1 rings (SSSR count). The molecular weight excluding hydrogens is 248 g/mol. The Hall–Kier alpha value is -1.06. The topological polar surface area (TPSA) is 55.1 Å². The van der Waals surface area contributed by atoms with E-state index >= 15 is 0 Å². The van der Waals surface area contributed by atoms with Gasteiger partial charge in [0.05, 0.1) is 6.04 Å². The third-order valence-corrected chi connectivity index (χ3v) is 2.76. The van der Waals surface area contributed by atoms with Crippen LogP contribution in [0.15, 0.2) is 30.3 Å². The maximum atomic E-state index is 11.5. The van der Waals surface area contributed by atoms with Gasteiger partial charge in [-0.25, -0.2) is 0 Å². The number of aryl methyl sites for hydroxylation is 1. The minimum absolute atomic E-state index is 0. The maximum absolute atomic E-state index is 11.5. The third-order valence-electron chi connectivity index (χ3n) is 2.76. The molecular formula is C14H23ClN2O. The fraction of sp³-hybridized carbons (Fsp3) is 0.500. The molecule has 3 nitrogen and oxygen atoms in total. The zero-order valence-corrected chi connectivity index (χ0v) is 12.1. The van der Waals surface area contributed by atoms with Gasteiger partial charge in [0.1, 0.15) is 0 Å². The maximum Gasteiger partial charge on any atom is 0.237 e. The molecule has 0 aliphatic rings. The van der Waals surface area contributed by atoms with Gasteiger partial charge in [-0.3, -0.25) is 4.79 Å². The Kier molecular flexibility index (Phi) is 6.96. The monoisotopic (exact) mass is 270 g/mol. The van der Waals surface area contributed by atoms with Crippen molar-refractivity contribution in [3.05, 3.63) is 35.9 Å². The lowest BCUT2D eigenvalue weighted by atomic mass is 9.95. The highest BCUT2D eigenvalue weighted by Gasteiger charge is 2.21. The van der Waals surface area contributed by atoms with E-state index in [9.17, 15) is 4.79 Å². The number of hydrogen-bond acceptors (Lipinski definition) is 2. The predicted octanol–water partition coefficient (Wildman–Crippen LogP) is 2.28. The van der Waals surface area contributed by atoms with E-state index in [1.807, 2.05) is 32.0 Å². The minimum Gasteiger partial charge on any atom is -0.350 e. The number of carbonyl (C=O) groups is 1. The second kappa shape index (κ2) is 7.39. The van der Waals surface area contributed by atoms with Gasteiger partial charge in [0.15, 0.2) is 0 Å². The average molecular weight is 271 g/mol. The fourth-order valence-electron chi connectivity index (χ4n) is 1.61. The largest absolute Gasteiger partial charge is 0.350 e. The summed E-state index contributed by atoms with van der Waals surface area (Å²) in [5, 5.41) is 2.96. The Morgan fingerprint density at radius 2 is 1.89 bits per heavy atom. The number of halogens is 1. The van der Waals surface area contributed by atoms with Crippen molar-refractivity contribution in [1.29, 1.82) is 0 Å². The van der Waals surface area contributed by atoms with Crippen LogP contribution in [0, 0.1) is 0 Å². The highest BCUT2D eigenvalue weighted by molar-refractivity contribution is 5.85. The van der Waals surface area contributed by atoms with Crippen LogP contribution in [0.4, 0.5) is 0 Å². The summed E-state index contributed by atoms with van der Waals surface area (Å²) in [5.41, 5.74) is 6.60. The molecule has 102 valence electrons. The van der Waals surface area contributed by atoms with Crippen LogP contribution in [0.3, 0.4) is 0 Å². The van der Waals surface area contributed by atoms with E-state index in [1.165, 1.54) is 5.56 Å². The quantitative estimate of drug-likeness (QED) is 0.863. The number of nitrogens with two attached hydrogens (primary N) is 1. The number of carbonyl (C=O) groups excluding carboxylic acids is 1. The first-order chi connectivity index (χ1) is 7.91. The minimum atomic E-state index is -0.453. The zero-order chi connectivity index (χ0) is 12.9. The van der Waals surface area contributed by atoms with Crippen LogP contribution in [0.25, 0.3) is 0 Å². The number of nitrogens with one attached hydrogen (secondary N) is 1. The third kappa shape index (κ3) is 6.03. The summed E-state index contributed by atoms with van der Waals surface area (Å²) < 4.78 is 0. The SMILES string of the molecule is C[C@H](N)C(=O)NC(C)(C)CCc1ccccc1.Cl. The number of rotatable bonds is 5. The summed E-state index contributed by atoms with van der Waals surface area (Å²) in [6, 6.07) is 9.82. The van der Waals surface area contributed by atoms with Crippen LogP contribution < -0.4 is 11.1 Å². The summed E-state index contributed by atoms with van der Waals surface area (Å²) in [7, 11) is 0. The van der Waals surface area contributed by atoms with E-state index in [0.717, 1.165) is 12.8 Å². The van der Waals surface area contributed by atoms with Crippen molar-refractivity contribution >= 4 is 18.3 Å². The lowest BCUT2D eigenvalue weighted by Crippen LogP contribution is -2.49. The normalized spacial score (nSPS) is 12.4. The van der Waals surface area contributed by atoms with E-state index in [-0.39, 0.29) is 23.9 Å². The molecule has 0 spiro atoms. The van der Waals surface area contributed by atoms with Crippen molar-refractivity contribution in [1.82, 2.24) is 5.32 Å². The van der Waals surface area contributed by atoms with Crippen LogP contribution in [-0.4, -0.2) is 17.5 Å². The Labute approximate surface area is 116 Å². The van der Waals surface area contributed by atoms with Crippen LogP contribution in [-0.2, 0) is 11.2 Å². The molecule has 3 N–H and O–H groups in total. The second-order valence-corrected chi connectivity index (χ2v) is 5.15. The summed E-state index contributed by atoms with van der Waals surface area (Å²) >= 11 is 0. The first kappa shape index (κ1) is 16.9. The van der Waals surface area contributed by atoms with Crippen LogP contribution in [0.5, 0.6) is 0 Å². The number of hydrogen-bond donors (Lipinski definition) is 2. The molecule has 0 bridgehead atoms. The van der Waals surface area contributed by atoms with Gasteiger partial charge in [0.2, 0.25) is 5.91 Å². The van der Waals surface area contributed by atoms with Gasteiger partial charge in [-0.2, -0.15) is 0 Å². The molecule has 0 aliphatic carbocycles. The van der Waals surface area contributed by atoms with Gasteiger partial charge in [-0.1, -0.05) is 30.3 Å². The molecule has 0 radical (unpaired) electrons. The van der Waals surface area contributed by atoms with Gasteiger partial charge in [0.25, 0.3) is 0 Å². The summed E-state index contributed by atoms with van der Waals surface area (Å²) in [6.07, 6.45) is 1.85. The molecule has 0 heterocycles. The van der Waals surface area contributed by atoms with Crippen molar-refractivity contribution in [2.75, 3.05) is 0 Å². The van der Waals surface area contributed by atoms with Gasteiger partial charge in [-0.15, -0.1) is 12.4 Å². The number of amides is 1. The first-order valence-corrected chi connectivity index (χ1v) is 6.02. The lowest BCUT2D eigenvalue weighted by molar-refractivity contribution is -0.123. The average Bonchev–Trinajstić information content (AvgIpc) is 2.27. The van der Waals surface area contributed by atoms with Crippen molar-refractivity contribution in [3.8, 4) is 0 Å². The standard InChI is InChI=1S/C14H22N2O.ClH/c1-11(15)13(17)16-14(2,3)10-9-12-7-5-4-6-8-12;/h4-8,11H,9-10,15H2,1-3H3,(H,16,17);1H/t11-;/m0./s1. The summed E-state index contributed by atoms with van der Waals surface area (Å²) in [5.74, 6) is -0.0944. The predicted molar refractivity (Wildman–Crippen MR) is 77.9 cm³/mol. The number of benzene rings is 1. The Balaban J connectivity index is 0.00000289. The van der Waals surface area contributed by atoms with E-state index < -0.39 is 6.04 Å². The molecule has 1 aromatic rings. The van der Waals surface area contributed by atoms with Crippen molar-refractivity contribution < 1.29 is 4.79 Å². The summed E-state index contributed by atoms with van der Waals surface area (Å²) in [6.45, 7) is 5.75. The molecule has 1 atom stereocenters. The van der Waals surface area contributed by atoms with Crippen LogP contribution in [0.2, 0.25) is 0 Å². The molecule has 0 fully saturated rings. The van der Waals surface area contributed by atoms with Crippen LogP contribution >= 0.6 is 12.4 Å². The lowest BCUT2D eigenvalue weighted by Gasteiger charge is -2.27. The molecule has 18 heavy (non-hydrogen) atoms. The van der Waals surface area contributed by atoms with E-state index in [1.54, 1.807) is 6.92 Å². The molecule has 0 saturated heterocycles. The van der Waals surface area contributed by atoms with Crippen molar-refractivity contribution in [2.45, 2.75) is 45.2 Å². The highest BCUT2D eigenvalue weighted by Crippen LogP contribution is 2.13. The van der Waals surface area contributed by atoms with E-state index in [0.29, 0.717) is 0 Å². The first-order valence-electron chi connectivity index (χ1n) is 6.02. The molecule has 0 aliphatic heterocycles. The smallest absolute Gasteiger partial charge is 0.237 e. The van der Waals surface area contributed by atoms with Crippen molar-refractivity contribution in [2.24, 2.45) is 5.73 Å². The van der Waals surface area contributed by atoms with E-state index in [2.05, 4.69) is 17.4 Å². The Bertz CT molecular complexity index is 363. The van der Waals surface area contributed by atoms with Gasteiger partial charge < -0.3 is 11.1 Å². The molecule has 1 aromatic carbocycles. The zero-order valence-electron chi connectivity index (χ0n) is 11.3. The highest BCUT2D eigenvalue weighted by atomic mass is 35.5. The second-order valence-electron chi connectivity index (χ2n) is 5.15. The van der Waals surface area contributed by atoms with Crippen LogP contribution in [0.1, 0.15) is 32.8 Å². The fourth-order valence-corrected chi connectivity index (χ4v) is 1.61.